The molecular weight excluding hydrogens is 346 g/mol. The van der Waals surface area contributed by atoms with Crippen molar-refractivity contribution in [1.82, 2.24) is 0 Å². The van der Waals surface area contributed by atoms with Crippen LogP contribution < -0.4 is 14.2 Å². The van der Waals surface area contributed by atoms with E-state index in [-0.39, 0.29) is 28.6 Å². The van der Waals surface area contributed by atoms with Gasteiger partial charge in [-0.1, -0.05) is 37.5 Å². The Kier molecular flexibility index (Phi) is 4.35. The zero-order valence-electron chi connectivity index (χ0n) is 14.9. The Morgan fingerprint density at radius 2 is 1.92 bits per heavy atom. The van der Waals surface area contributed by atoms with Crippen molar-refractivity contribution in [2.75, 3.05) is 14.2 Å². The molecule has 25 heavy (non-hydrogen) atoms. The third-order valence-corrected chi connectivity index (χ3v) is 6.13. The number of Topliss-reactive ketones (excluding diaryl/α,β-unsaturated/α-hetero) is 1. The molecular formula is C18H22ClNO5. The topological polar surface area (TPSA) is 77.4 Å². The van der Waals surface area contributed by atoms with Crippen molar-refractivity contribution in [3.63, 3.8) is 0 Å². The van der Waals surface area contributed by atoms with Crippen LogP contribution in [0.2, 0.25) is 5.02 Å². The monoisotopic (exact) mass is 367 g/mol. The maximum absolute atomic E-state index is 13.5. The first-order valence-electron chi connectivity index (χ1n) is 8.22. The Morgan fingerprint density at radius 1 is 1.28 bits per heavy atom. The number of hydrogen-bond acceptors (Lipinski definition) is 6. The van der Waals surface area contributed by atoms with Crippen molar-refractivity contribution >= 4 is 23.1 Å². The van der Waals surface area contributed by atoms with E-state index in [9.17, 15) is 10.0 Å². The second-order valence-corrected chi connectivity index (χ2v) is 7.18. The first kappa shape index (κ1) is 17.9. The number of methoxy groups -OCH3 is 2. The van der Waals surface area contributed by atoms with Gasteiger partial charge in [0.15, 0.2) is 11.4 Å². The maximum atomic E-state index is 13.5. The molecule has 0 bridgehead atoms. The van der Waals surface area contributed by atoms with Gasteiger partial charge in [-0.05, 0) is 6.42 Å². The van der Waals surface area contributed by atoms with E-state index in [1.54, 1.807) is 6.07 Å². The SMILES string of the molecule is COc1cc(OC)c2c(c1Cl)O[C@@]1(C2=O)C(C)C/C(=N\O)C(C)C1C. The average Bonchev–Trinajstić information content (AvgIpc) is 2.92. The van der Waals surface area contributed by atoms with Crippen LogP contribution in [0.5, 0.6) is 17.2 Å². The van der Waals surface area contributed by atoms with E-state index in [4.69, 9.17) is 25.8 Å². The number of fused-ring (bicyclic) bond motifs is 1. The maximum Gasteiger partial charge on any atom is 0.214 e. The van der Waals surface area contributed by atoms with Gasteiger partial charge in [0.05, 0.1) is 19.9 Å². The molecule has 0 radical (unpaired) electrons. The highest BCUT2D eigenvalue weighted by atomic mass is 35.5. The van der Waals surface area contributed by atoms with Crippen LogP contribution in [-0.4, -0.2) is 36.5 Å². The molecule has 4 atom stereocenters. The van der Waals surface area contributed by atoms with E-state index in [0.29, 0.717) is 34.9 Å². The summed E-state index contributed by atoms with van der Waals surface area (Å²) in [6.07, 6.45) is 0.471. The smallest absolute Gasteiger partial charge is 0.214 e. The number of nitrogens with zero attached hydrogens (tertiary/aromatic N) is 1. The average molecular weight is 368 g/mol. The number of ether oxygens (including phenoxy) is 3. The number of benzene rings is 1. The predicted octanol–water partition coefficient (Wildman–Crippen LogP) is 3.81. The van der Waals surface area contributed by atoms with Crippen LogP contribution in [0.15, 0.2) is 11.2 Å². The minimum Gasteiger partial charge on any atom is -0.496 e. The van der Waals surface area contributed by atoms with Crippen LogP contribution in [0.1, 0.15) is 37.6 Å². The van der Waals surface area contributed by atoms with Gasteiger partial charge >= 0.3 is 0 Å². The summed E-state index contributed by atoms with van der Waals surface area (Å²) in [6, 6.07) is 1.60. The van der Waals surface area contributed by atoms with E-state index in [0.717, 1.165) is 0 Å². The Morgan fingerprint density at radius 3 is 2.48 bits per heavy atom. The molecule has 1 aliphatic carbocycles. The molecule has 1 aromatic carbocycles. The number of halogens is 1. The minimum absolute atomic E-state index is 0.105. The van der Waals surface area contributed by atoms with E-state index in [1.807, 2.05) is 20.8 Å². The molecule has 6 nitrogen and oxygen atoms in total. The molecule has 136 valence electrons. The predicted molar refractivity (Wildman–Crippen MR) is 93.6 cm³/mol. The van der Waals surface area contributed by atoms with E-state index in [2.05, 4.69) is 5.16 Å². The summed E-state index contributed by atoms with van der Waals surface area (Å²) in [4.78, 5) is 13.5. The van der Waals surface area contributed by atoms with Crippen molar-refractivity contribution in [1.29, 1.82) is 0 Å². The van der Waals surface area contributed by atoms with Gasteiger partial charge in [-0.2, -0.15) is 0 Å². The van der Waals surface area contributed by atoms with Crippen molar-refractivity contribution in [2.45, 2.75) is 32.8 Å². The lowest BCUT2D eigenvalue weighted by Crippen LogP contribution is -2.58. The standard InChI is InChI=1S/C18H22ClNO5/c1-8-6-11(20-22)9(2)10(3)18(8)17(21)14-12(23-4)7-13(24-5)15(19)16(14)25-18/h7-10,22H,6H2,1-5H3/b20-11+/t8?,9?,10?,18-/m0/s1. The molecule has 7 heteroatoms. The lowest BCUT2D eigenvalue weighted by Gasteiger charge is -2.45. The Bertz CT molecular complexity index is 762. The molecule has 1 saturated carbocycles. The molecule has 0 amide bonds. The number of carbonyl (C=O) groups is 1. The van der Waals surface area contributed by atoms with Crippen LogP contribution in [0, 0.1) is 17.8 Å². The molecule has 3 rings (SSSR count). The molecule has 1 spiro atoms. The normalized spacial score (nSPS) is 32.6. The zero-order chi connectivity index (χ0) is 18.5. The van der Waals surface area contributed by atoms with E-state index in [1.165, 1.54) is 14.2 Å². The summed E-state index contributed by atoms with van der Waals surface area (Å²) >= 11 is 6.42. The molecule has 1 fully saturated rings. The fourth-order valence-electron chi connectivity index (χ4n) is 4.14. The fraction of sp³-hybridized carbons (Fsp3) is 0.556. The lowest BCUT2D eigenvalue weighted by atomic mass is 9.62. The van der Waals surface area contributed by atoms with Crippen molar-refractivity contribution in [3.8, 4) is 17.2 Å². The van der Waals surface area contributed by atoms with Crippen LogP contribution in [0.3, 0.4) is 0 Å². The van der Waals surface area contributed by atoms with E-state index >= 15 is 0 Å². The Balaban J connectivity index is 2.19. The van der Waals surface area contributed by atoms with Crippen LogP contribution >= 0.6 is 11.6 Å². The van der Waals surface area contributed by atoms with Crippen LogP contribution in [-0.2, 0) is 0 Å². The van der Waals surface area contributed by atoms with Gasteiger partial charge in [-0.15, -0.1) is 0 Å². The number of oxime groups is 1. The summed E-state index contributed by atoms with van der Waals surface area (Å²) in [7, 11) is 2.99. The molecule has 1 aromatic rings. The van der Waals surface area contributed by atoms with Crippen LogP contribution in [0.4, 0.5) is 0 Å². The number of rotatable bonds is 2. The molecule has 1 heterocycles. The Labute approximate surface area is 151 Å². The zero-order valence-corrected chi connectivity index (χ0v) is 15.7. The second-order valence-electron chi connectivity index (χ2n) is 6.80. The number of carbonyl (C=O) groups excluding carboxylic acids is 1. The van der Waals surface area contributed by atoms with Gasteiger partial charge in [0.1, 0.15) is 22.1 Å². The molecule has 0 saturated heterocycles. The summed E-state index contributed by atoms with van der Waals surface area (Å²) in [5.41, 5.74) is -0.0450. The molecule has 1 aliphatic heterocycles. The number of hydrogen-bond donors (Lipinski definition) is 1. The first-order chi connectivity index (χ1) is 11.8. The summed E-state index contributed by atoms with van der Waals surface area (Å²) < 4.78 is 16.9. The highest BCUT2D eigenvalue weighted by Crippen LogP contribution is 2.56. The molecule has 0 aromatic heterocycles. The van der Waals surface area contributed by atoms with Crippen molar-refractivity contribution in [3.05, 3.63) is 16.7 Å². The molecule has 2 aliphatic rings. The quantitative estimate of drug-likeness (QED) is 0.635. The van der Waals surface area contributed by atoms with Gasteiger partial charge < -0.3 is 19.4 Å². The third-order valence-electron chi connectivity index (χ3n) is 5.77. The molecule has 1 N–H and O–H groups in total. The van der Waals surface area contributed by atoms with E-state index < -0.39 is 5.60 Å². The van der Waals surface area contributed by atoms with Gasteiger partial charge in [0, 0.05) is 23.8 Å². The second kappa shape index (κ2) is 6.09. The summed E-state index contributed by atoms with van der Waals surface area (Å²) in [5.74, 6) is 0.442. The van der Waals surface area contributed by atoms with Crippen molar-refractivity contribution in [2.24, 2.45) is 22.9 Å². The van der Waals surface area contributed by atoms with Gasteiger partial charge in [0.2, 0.25) is 5.78 Å². The van der Waals surface area contributed by atoms with Gasteiger partial charge in [-0.25, -0.2) is 0 Å². The van der Waals surface area contributed by atoms with Crippen LogP contribution in [0.25, 0.3) is 0 Å². The first-order valence-corrected chi connectivity index (χ1v) is 8.60. The third kappa shape index (κ3) is 2.23. The Hall–Kier alpha value is -1.95. The molecule has 3 unspecified atom stereocenters. The fourth-order valence-corrected chi connectivity index (χ4v) is 4.40. The minimum atomic E-state index is -1.07. The largest absolute Gasteiger partial charge is 0.496 e. The van der Waals surface area contributed by atoms with Crippen molar-refractivity contribution < 1.29 is 24.2 Å². The number of ketones is 1. The summed E-state index contributed by atoms with van der Waals surface area (Å²) in [6.45, 7) is 5.80. The summed E-state index contributed by atoms with van der Waals surface area (Å²) in [5, 5.41) is 12.9. The highest BCUT2D eigenvalue weighted by Gasteiger charge is 2.61. The highest BCUT2D eigenvalue weighted by molar-refractivity contribution is 6.35. The van der Waals surface area contributed by atoms with Gasteiger partial charge in [-0.3, -0.25) is 4.79 Å². The lowest BCUT2D eigenvalue weighted by molar-refractivity contribution is -0.0175. The van der Waals surface area contributed by atoms with Gasteiger partial charge in [0.25, 0.3) is 0 Å².